The molecule has 5 heteroatoms. The number of rotatable bonds is 4. The fraction of sp³-hybridized carbons (Fsp3) is 0.875. The highest BCUT2D eigenvalue weighted by molar-refractivity contribution is 4.99. The summed E-state index contributed by atoms with van der Waals surface area (Å²) in [6, 6.07) is -0.0849. The van der Waals surface area contributed by atoms with Crippen LogP contribution in [-0.2, 0) is 0 Å². The first-order valence-corrected chi connectivity index (χ1v) is 8.02. The van der Waals surface area contributed by atoms with Gasteiger partial charge in [0.25, 0.3) is 5.92 Å². The van der Waals surface area contributed by atoms with E-state index < -0.39 is 12.0 Å². The van der Waals surface area contributed by atoms with E-state index in [-0.39, 0.29) is 6.54 Å². The molecule has 2 aliphatic heterocycles. The lowest BCUT2D eigenvalue weighted by Gasteiger charge is -2.47. The predicted molar refractivity (Wildman–Crippen MR) is 82.9 cm³/mol. The summed E-state index contributed by atoms with van der Waals surface area (Å²) in [7, 11) is 0. The highest BCUT2D eigenvalue weighted by Crippen LogP contribution is 2.32. The zero-order valence-electron chi connectivity index (χ0n) is 13.6. The van der Waals surface area contributed by atoms with Gasteiger partial charge in [0.15, 0.2) is 0 Å². The number of hydrogen-bond acceptors (Lipinski definition) is 3. The normalized spacial score (nSPS) is 29.0. The average Bonchev–Trinajstić information content (AvgIpc) is 2.37. The Morgan fingerprint density at radius 1 is 1.19 bits per heavy atom. The van der Waals surface area contributed by atoms with Gasteiger partial charge in [-0.2, -0.15) is 0 Å². The minimum Gasteiger partial charge on any atom is -0.298 e. The van der Waals surface area contributed by atoms with Crippen LogP contribution in [0.2, 0.25) is 0 Å². The third kappa shape index (κ3) is 4.24. The zero-order valence-corrected chi connectivity index (χ0v) is 13.6. The molecule has 1 atom stereocenters. The number of piperidine rings is 1. The number of halogens is 2. The molecule has 0 aromatic rings. The number of hydrogen-bond donors (Lipinski definition) is 0. The second kappa shape index (κ2) is 6.71. The summed E-state index contributed by atoms with van der Waals surface area (Å²) < 4.78 is 29.0. The Morgan fingerprint density at radius 3 is 2.29 bits per heavy atom. The van der Waals surface area contributed by atoms with Gasteiger partial charge in [-0.3, -0.25) is 14.7 Å². The van der Waals surface area contributed by atoms with Gasteiger partial charge >= 0.3 is 0 Å². The van der Waals surface area contributed by atoms with Crippen LogP contribution in [0.25, 0.3) is 0 Å². The largest absolute Gasteiger partial charge is 0.298 e. The lowest BCUT2D eigenvalue weighted by atomic mass is 9.97. The van der Waals surface area contributed by atoms with Gasteiger partial charge in [-0.1, -0.05) is 12.2 Å². The topological polar surface area (TPSA) is 9.72 Å². The third-order valence-electron chi connectivity index (χ3n) is 4.65. The van der Waals surface area contributed by atoms with Crippen molar-refractivity contribution in [3.63, 3.8) is 0 Å². The highest BCUT2D eigenvalue weighted by Gasteiger charge is 2.47. The van der Waals surface area contributed by atoms with Crippen molar-refractivity contribution in [3.8, 4) is 0 Å². The van der Waals surface area contributed by atoms with E-state index in [1.54, 1.807) is 0 Å². The van der Waals surface area contributed by atoms with Crippen LogP contribution in [0.3, 0.4) is 0 Å². The molecule has 0 saturated carbocycles. The second-order valence-electron chi connectivity index (χ2n) is 6.90. The minimum absolute atomic E-state index is 0.130. The molecule has 0 radical (unpaired) electrons. The number of nitrogens with zero attached hydrogens (tertiary/aromatic N) is 3. The van der Waals surface area contributed by atoms with Gasteiger partial charge < -0.3 is 0 Å². The van der Waals surface area contributed by atoms with E-state index in [0.717, 1.165) is 38.3 Å². The maximum absolute atomic E-state index is 14.5. The Morgan fingerprint density at radius 2 is 1.81 bits per heavy atom. The van der Waals surface area contributed by atoms with Crippen LogP contribution in [0.5, 0.6) is 0 Å². The first kappa shape index (κ1) is 16.8. The Labute approximate surface area is 127 Å². The van der Waals surface area contributed by atoms with Gasteiger partial charge in [0.2, 0.25) is 0 Å². The molecular weight excluding hydrogens is 272 g/mol. The fourth-order valence-electron chi connectivity index (χ4n) is 3.53. The number of piperazine rings is 1. The van der Waals surface area contributed by atoms with Crippen molar-refractivity contribution in [2.45, 2.75) is 45.2 Å². The van der Waals surface area contributed by atoms with Crippen molar-refractivity contribution >= 4 is 0 Å². The SMILES string of the molecule is C=C(C)CN1CCC(N2CCN(C(C)C)CC2)C(F)(F)C1. The van der Waals surface area contributed by atoms with E-state index in [4.69, 9.17) is 0 Å². The van der Waals surface area contributed by atoms with Crippen molar-refractivity contribution in [2.75, 3.05) is 45.8 Å². The molecule has 0 aliphatic carbocycles. The molecular formula is C16H29F2N3. The monoisotopic (exact) mass is 301 g/mol. The summed E-state index contributed by atoms with van der Waals surface area (Å²) in [6.45, 7) is 14.6. The van der Waals surface area contributed by atoms with E-state index in [1.807, 2.05) is 16.7 Å². The lowest BCUT2D eigenvalue weighted by molar-refractivity contribution is -0.132. The first-order valence-electron chi connectivity index (χ1n) is 8.02. The molecule has 2 heterocycles. The van der Waals surface area contributed by atoms with Crippen molar-refractivity contribution in [1.82, 2.24) is 14.7 Å². The predicted octanol–water partition coefficient (Wildman–Crippen LogP) is 2.30. The van der Waals surface area contributed by atoms with E-state index >= 15 is 0 Å². The smallest absolute Gasteiger partial charge is 0.275 e. The van der Waals surface area contributed by atoms with E-state index in [2.05, 4.69) is 25.3 Å². The molecule has 0 aromatic carbocycles. The Kier molecular flexibility index (Phi) is 5.38. The Balaban J connectivity index is 1.91. The maximum atomic E-state index is 14.5. The highest BCUT2D eigenvalue weighted by atomic mass is 19.3. The summed E-state index contributed by atoms with van der Waals surface area (Å²) in [5.41, 5.74) is 0.954. The average molecular weight is 301 g/mol. The fourth-order valence-corrected chi connectivity index (χ4v) is 3.53. The Hall–Kier alpha value is -0.520. The molecule has 122 valence electrons. The summed E-state index contributed by atoms with van der Waals surface area (Å²) in [5, 5.41) is 0. The van der Waals surface area contributed by atoms with E-state index in [9.17, 15) is 8.78 Å². The van der Waals surface area contributed by atoms with Gasteiger partial charge in [-0.05, 0) is 27.2 Å². The molecule has 0 spiro atoms. The molecule has 0 N–H and O–H groups in total. The number of alkyl halides is 2. The molecule has 3 nitrogen and oxygen atoms in total. The van der Waals surface area contributed by atoms with Crippen LogP contribution in [-0.4, -0.2) is 78.5 Å². The summed E-state index contributed by atoms with van der Waals surface area (Å²) >= 11 is 0. The maximum Gasteiger partial charge on any atom is 0.275 e. The second-order valence-corrected chi connectivity index (χ2v) is 6.90. The van der Waals surface area contributed by atoms with Crippen LogP contribution < -0.4 is 0 Å². The minimum atomic E-state index is -2.62. The lowest BCUT2D eigenvalue weighted by Crippen LogP contribution is -2.62. The van der Waals surface area contributed by atoms with Gasteiger partial charge in [0.1, 0.15) is 0 Å². The third-order valence-corrected chi connectivity index (χ3v) is 4.65. The Bertz CT molecular complexity index is 363. The van der Waals surface area contributed by atoms with E-state index in [1.165, 1.54) is 0 Å². The standard InChI is InChI=1S/C16H29F2N3/c1-13(2)11-19-6-5-15(16(17,18)12-19)21-9-7-20(8-10-21)14(3)4/h14-15H,1,5-12H2,2-4H3. The van der Waals surface area contributed by atoms with Gasteiger partial charge in [-0.25, -0.2) is 8.78 Å². The van der Waals surface area contributed by atoms with Gasteiger partial charge in [0.05, 0.1) is 12.6 Å². The van der Waals surface area contributed by atoms with Crippen molar-refractivity contribution in [2.24, 2.45) is 0 Å². The van der Waals surface area contributed by atoms with Gasteiger partial charge in [-0.15, -0.1) is 0 Å². The van der Waals surface area contributed by atoms with Gasteiger partial charge in [0, 0.05) is 45.3 Å². The van der Waals surface area contributed by atoms with Crippen LogP contribution in [0.15, 0.2) is 12.2 Å². The molecule has 0 aromatic heterocycles. The molecule has 21 heavy (non-hydrogen) atoms. The summed E-state index contributed by atoms with van der Waals surface area (Å²) in [4.78, 5) is 6.21. The molecule has 2 rings (SSSR count). The molecule has 2 fully saturated rings. The summed E-state index contributed by atoms with van der Waals surface area (Å²) in [5.74, 6) is -2.62. The quantitative estimate of drug-likeness (QED) is 0.738. The summed E-state index contributed by atoms with van der Waals surface area (Å²) in [6.07, 6.45) is 0.557. The molecule has 0 amide bonds. The van der Waals surface area contributed by atoms with Crippen LogP contribution in [0.4, 0.5) is 8.78 Å². The zero-order chi connectivity index (χ0) is 15.6. The van der Waals surface area contributed by atoms with Crippen LogP contribution in [0, 0.1) is 0 Å². The van der Waals surface area contributed by atoms with Crippen molar-refractivity contribution < 1.29 is 8.78 Å². The van der Waals surface area contributed by atoms with Crippen molar-refractivity contribution in [1.29, 1.82) is 0 Å². The van der Waals surface area contributed by atoms with Crippen LogP contribution >= 0.6 is 0 Å². The number of likely N-dealkylation sites (tertiary alicyclic amines) is 1. The molecule has 1 unspecified atom stereocenters. The molecule has 2 aliphatic rings. The van der Waals surface area contributed by atoms with E-state index in [0.29, 0.717) is 19.0 Å². The molecule has 0 bridgehead atoms. The van der Waals surface area contributed by atoms with Crippen LogP contribution in [0.1, 0.15) is 27.2 Å². The first-order chi connectivity index (χ1) is 9.79. The van der Waals surface area contributed by atoms with Crippen molar-refractivity contribution in [3.05, 3.63) is 12.2 Å². The molecule has 2 saturated heterocycles.